The van der Waals surface area contributed by atoms with Crippen LogP contribution in [-0.4, -0.2) is 9.55 Å². The molecule has 1 unspecified atom stereocenters. The van der Waals surface area contributed by atoms with E-state index in [1.54, 1.807) is 12.3 Å². The average Bonchev–Trinajstić information content (AvgIpc) is 2.96. The molecule has 1 atom stereocenters. The van der Waals surface area contributed by atoms with Gasteiger partial charge in [0.15, 0.2) is 5.22 Å². The maximum absolute atomic E-state index is 5.77. The predicted molar refractivity (Wildman–Crippen MR) is 70.0 cm³/mol. The summed E-state index contributed by atoms with van der Waals surface area (Å²) in [4.78, 5) is 4.35. The van der Waals surface area contributed by atoms with Crippen molar-refractivity contribution in [2.24, 2.45) is 5.84 Å². The highest BCUT2D eigenvalue weighted by Gasteiger charge is 2.17. The molecule has 0 radical (unpaired) electrons. The van der Waals surface area contributed by atoms with Crippen LogP contribution >= 0.6 is 11.6 Å². The minimum absolute atomic E-state index is 0.129. The van der Waals surface area contributed by atoms with Crippen molar-refractivity contribution in [2.75, 3.05) is 0 Å². The van der Waals surface area contributed by atoms with Gasteiger partial charge in [0.1, 0.15) is 11.6 Å². The lowest BCUT2D eigenvalue weighted by Crippen LogP contribution is -2.30. The summed E-state index contributed by atoms with van der Waals surface area (Å²) in [6, 6.07) is 3.40. The number of aromatic nitrogens is 2. The third-order valence-electron chi connectivity index (χ3n) is 2.79. The summed E-state index contributed by atoms with van der Waals surface area (Å²) in [5.74, 6) is 7.26. The molecule has 6 heteroatoms. The molecule has 98 valence electrons. The fraction of sp³-hybridized carbons (Fsp3) is 0.417. The normalized spacial score (nSPS) is 12.8. The van der Waals surface area contributed by atoms with Gasteiger partial charge in [-0.05, 0) is 30.2 Å². The number of rotatable bonds is 6. The van der Waals surface area contributed by atoms with Crippen molar-refractivity contribution in [3.05, 3.63) is 41.3 Å². The summed E-state index contributed by atoms with van der Waals surface area (Å²) < 4.78 is 7.49. The summed E-state index contributed by atoms with van der Waals surface area (Å²) in [5, 5.41) is 0.363. The Bertz CT molecular complexity index is 494. The Balaban J connectivity index is 2.12. The Kier molecular flexibility index (Phi) is 4.41. The third-order valence-corrected chi connectivity index (χ3v) is 2.99. The number of nitrogens with one attached hydrogen (secondary N) is 1. The molecule has 0 saturated carbocycles. The van der Waals surface area contributed by atoms with E-state index in [0.29, 0.717) is 17.4 Å². The molecule has 18 heavy (non-hydrogen) atoms. The zero-order valence-electron chi connectivity index (χ0n) is 10.3. The van der Waals surface area contributed by atoms with Gasteiger partial charge in [-0.25, -0.2) is 10.4 Å². The van der Waals surface area contributed by atoms with Gasteiger partial charge in [0.25, 0.3) is 0 Å². The topological polar surface area (TPSA) is 69.0 Å². The van der Waals surface area contributed by atoms with Crippen molar-refractivity contribution in [1.82, 2.24) is 15.0 Å². The van der Waals surface area contributed by atoms with Crippen LogP contribution in [0.5, 0.6) is 0 Å². The van der Waals surface area contributed by atoms with Gasteiger partial charge in [0.05, 0.1) is 6.04 Å². The van der Waals surface area contributed by atoms with E-state index in [1.807, 2.05) is 12.3 Å². The standard InChI is InChI=1S/C12H17ClN4O/c1-2-6-17-7-5-15-12(17)8-9(16-14)10-3-4-11(13)18-10/h3-5,7,9,16H,2,6,8,14H2,1H3. The number of hydrogen-bond acceptors (Lipinski definition) is 4. The number of furan rings is 1. The average molecular weight is 269 g/mol. The number of imidazole rings is 1. The van der Waals surface area contributed by atoms with Crippen LogP contribution < -0.4 is 11.3 Å². The van der Waals surface area contributed by atoms with Gasteiger partial charge in [0.2, 0.25) is 0 Å². The molecule has 0 bridgehead atoms. The number of nitrogens with zero attached hydrogens (tertiary/aromatic N) is 2. The molecule has 2 aromatic rings. The highest BCUT2D eigenvalue weighted by atomic mass is 35.5. The third kappa shape index (κ3) is 2.93. The Morgan fingerprint density at radius 1 is 1.56 bits per heavy atom. The fourth-order valence-electron chi connectivity index (χ4n) is 1.91. The maximum atomic E-state index is 5.77. The Labute approximate surface area is 111 Å². The van der Waals surface area contributed by atoms with Crippen LogP contribution in [-0.2, 0) is 13.0 Å². The lowest BCUT2D eigenvalue weighted by Gasteiger charge is -2.14. The summed E-state index contributed by atoms with van der Waals surface area (Å²) in [6.07, 6.45) is 5.50. The van der Waals surface area contributed by atoms with Crippen LogP contribution in [0.1, 0.15) is 31.0 Å². The van der Waals surface area contributed by atoms with Crippen molar-refractivity contribution in [3.63, 3.8) is 0 Å². The molecule has 0 spiro atoms. The number of hydrazine groups is 1. The van der Waals surface area contributed by atoms with Crippen LogP contribution in [0.3, 0.4) is 0 Å². The van der Waals surface area contributed by atoms with Crippen molar-refractivity contribution in [1.29, 1.82) is 0 Å². The van der Waals surface area contributed by atoms with E-state index in [1.165, 1.54) is 0 Å². The van der Waals surface area contributed by atoms with Crippen LogP contribution in [0.2, 0.25) is 5.22 Å². The smallest absolute Gasteiger partial charge is 0.193 e. The highest BCUT2D eigenvalue weighted by Crippen LogP contribution is 2.22. The van der Waals surface area contributed by atoms with E-state index < -0.39 is 0 Å². The summed E-state index contributed by atoms with van der Waals surface area (Å²) in [7, 11) is 0. The van der Waals surface area contributed by atoms with Crippen LogP contribution in [0.25, 0.3) is 0 Å². The summed E-state index contributed by atoms with van der Waals surface area (Å²) in [5.41, 5.74) is 2.73. The fourth-order valence-corrected chi connectivity index (χ4v) is 2.07. The highest BCUT2D eigenvalue weighted by molar-refractivity contribution is 6.28. The molecule has 5 nitrogen and oxygen atoms in total. The van der Waals surface area contributed by atoms with E-state index in [9.17, 15) is 0 Å². The second-order valence-corrected chi connectivity index (χ2v) is 4.47. The van der Waals surface area contributed by atoms with Gasteiger partial charge >= 0.3 is 0 Å². The van der Waals surface area contributed by atoms with E-state index in [4.69, 9.17) is 21.9 Å². The molecule has 0 aromatic carbocycles. The van der Waals surface area contributed by atoms with Gasteiger partial charge in [-0.1, -0.05) is 6.92 Å². The number of nitrogens with two attached hydrogens (primary N) is 1. The van der Waals surface area contributed by atoms with Crippen molar-refractivity contribution < 1.29 is 4.42 Å². The first-order valence-electron chi connectivity index (χ1n) is 5.96. The molecule has 0 amide bonds. The van der Waals surface area contributed by atoms with E-state index in [2.05, 4.69) is 21.9 Å². The first-order valence-corrected chi connectivity index (χ1v) is 6.33. The lowest BCUT2D eigenvalue weighted by atomic mass is 10.1. The number of halogens is 1. The Morgan fingerprint density at radius 3 is 3.00 bits per heavy atom. The SMILES string of the molecule is CCCn1ccnc1CC(NN)c1ccc(Cl)o1. The molecular formula is C12H17ClN4O. The predicted octanol–water partition coefficient (Wildman–Crippen LogP) is 2.29. The van der Waals surface area contributed by atoms with Crippen molar-refractivity contribution in [2.45, 2.75) is 32.4 Å². The minimum atomic E-state index is -0.129. The molecule has 0 aliphatic heterocycles. The summed E-state index contributed by atoms with van der Waals surface area (Å²) in [6.45, 7) is 3.08. The van der Waals surface area contributed by atoms with Gasteiger partial charge in [-0.15, -0.1) is 0 Å². The van der Waals surface area contributed by atoms with Crippen LogP contribution in [0, 0.1) is 0 Å². The number of hydrogen-bond donors (Lipinski definition) is 2. The first-order chi connectivity index (χ1) is 8.74. The van der Waals surface area contributed by atoms with E-state index in [-0.39, 0.29) is 6.04 Å². The molecule has 2 aromatic heterocycles. The molecule has 2 rings (SSSR count). The second-order valence-electron chi connectivity index (χ2n) is 4.10. The summed E-state index contributed by atoms with van der Waals surface area (Å²) >= 11 is 5.77. The van der Waals surface area contributed by atoms with Crippen molar-refractivity contribution in [3.8, 4) is 0 Å². The molecule has 0 fully saturated rings. The number of aryl methyl sites for hydroxylation is 1. The quantitative estimate of drug-likeness (QED) is 0.623. The van der Waals surface area contributed by atoms with Gasteiger partial charge in [-0.2, -0.15) is 0 Å². The zero-order valence-corrected chi connectivity index (χ0v) is 11.0. The maximum Gasteiger partial charge on any atom is 0.193 e. The first kappa shape index (κ1) is 13.1. The molecule has 0 aliphatic carbocycles. The minimum Gasteiger partial charge on any atom is -0.448 e. The lowest BCUT2D eigenvalue weighted by molar-refractivity contribution is 0.407. The van der Waals surface area contributed by atoms with E-state index in [0.717, 1.165) is 18.8 Å². The monoisotopic (exact) mass is 268 g/mol. The molecule has 0 saturated heterocycles. The van der Waals surface area contributed by atoms with Gasteiger partial charge < -0.3 is 8.98 Å². The van der Waals surface area contributed by atoms with Crippen LogP contribution in [0.15, 0.2) is 28.9 Å². The molecule has 3 N–H and O–H groups in total. The Morgan fingerprint density at radius 2 is 2.39 bits per heavy atom. The molecule has 2 heterocycles. The largest absolute Gasteiger partial charge is 0.448 e. The molecule has 0 aliphatic rings. The molecular weight excluding hydrogens is 252 g/mol. The Hall–Kier alpha value is -1.30. The van der Waals surface area contributed by atoms with Gasteiger partial charge in [0, 0.05) is 25.4 Å². The van der Waals surface area contributed by atoms with Crippen LogP contribution in [0.4, 0.5) is 0 Å². The second kappa shape index (κ2) is 6.04. The van der Waals surface area contributed by atoms with Crippen molar-refractivity contribution >= 4 is 11.6 Å². The van der Waals surface area contributed by atoms with E-state index >= 15 is 0 Å². The zero-order chi connectivity index (χ0) is 13.0. The van der Waals surface area contributed by atoms with Gasteiger partial charge in [-0.3, -0.25) is 5.84 Å².